The molecule has 124 valence electrons. The van der Waals surface area contributed by atoms with Gasteiger partial charge < -0.3 is 10.4 Å². The highest BCUT2D eigenvalue weighted by Gasteiger charge is 2.29. The van der Waals surface area contributed by atoms with Crippen LogP contribution < -0.4 is 5.32 Å². The van der Waals surface area contributed by atoms with E-state index in [4.69, 9.17) is 0 Å². The van der Waals surface area contributed by atoms with Crippen molar-refractivity contribution in [1.82, 2.24) is 0 Å². The zero-order valence-electron chi connectivity index (χ0n) is 11.8. The Kier molecular flexibility index (Phi) is 5.27. The summed E-state index contributed by atoms with van der Waals surface area (Å²) in [5, 5.41) is 12.5. The Morgan fingerprint density at radius 3 is 2.30 bits per heavy atom. The van der Waals surface area contributed by atoms with Gasteiger partial charge in [0.05, 0.1) is 16.7 Å². The van der Waals surface area contributed by atoms with Gasteiger partial charge in [0.15, 0.2) is 0 Å². The Labute approximate surface area is 131 Å². The van der Waals surface area contributed by atoms with Crippen molar-refractivity contribution in [1.29, 1.82) is 0 Å². The molecule has 0 bridgehead atoms. The molecule has 0 saturated carbocycles. The second kappa shape index (κ2) is 7.01. The van der Waals surface area contributed by atoms with E-state index in [1.54, 1.807) is 0 Å². The minimum atomic E-state index is -4.78. The van der Waals surface area contributed by atoms with E-state index in [9.17, 15) is 26.7 Å². The van der Waals surface area contributed by atoms with Gasteiger partial charge in [-0.25, -0.2) is 12.8 Å². The number of alkyl halides is 2. The van der Waals surface area contributed by atoms with Crippen LogP contribution in [0, 0.1) is 5.82 Å². The molecule has 0 fully saturated rings. The first-order valence-electron chi connectivity index (χ1n) is 6.61. The van der Waals surface area contributed by atoms with Crippen LogP contribution >= 0.6 is 0 Å². The second-order valence-corrected chi connectivity index (χ2v) is 6.61. The van der Waals surface area contributed by atoms with Crippen LogP contribution in [0.15, 0.2) is 53.4 Å². The fourth-order valence-electron chi connectivity index (χ4n) is 2.02. The average Bonchev–Trinajstić information content (AvgIpc) is 2.53. The van der Waals surface area contributed by atoms with Crippen LogP contribution in [0.4, 0.5) is 18.9 Å². The van der Waals surface area contributed by atoms with Gasteiger partial charge in [0.25, 0.3) is 0 Å². The molecule has 23 heavy (non-hydrogen) atoms. The predicted octanol–water partition coefficient (Wildman–Crippen LogP) is 2.97. The Morgan fingerprint density at radius 2 is 1.65 bits per heavy atom. The molecular formula is C15H14F3NO3S. The van der Waals surface area contributed by atoms with Gasteiger partial charge in [-0.3, -0.25) is 0 Å². The molecule has 0 heterocycles. The molecular weight excluding hydrogens is 331 g/mol. The Morgan fingerprint density at radius 1 is 1.04 bits per heavy atom. The van der Waals surface area contributed by atoms with Crippen LogP contribution in [0.1, 0.15) is 11.7 Å². The number of aliphatic hydroxyl groups excluding tert-OH is 1. The van der Waals surface area contributed by atoms with Crippen LogP contribution in [0.2, 0.25) is 0 Å². The molecule has 2 aromatic rings. The van der Waals surface area contributed by atoms with Crippen molar-refractivity contribution in [2.75, 3.05) is 11.9 Å². The van der Waals surface area contributed by atoms with Gasteiger partial charge in [0.1, 0.15) is 5.82 Å². The van der Waals surface area contributed by atoms with Gasteiger partial charge in [-0.05, 0) is 18.2 Å². The molecule has 0 radical (unpaired) electrons. The number of nitrogens with one attached hydrogen (secondary N) is 1. The number of aliphatic hydroxyl groups is 1. The topological polar surface area (TPSA) is 66.4 Å². The summed E-state index contributed by atoms with van der Waals surface area (Å²) in [4.78, 5) is -0.573. The number of benzene rings is 2. The van der Waals surface area contributed by atoms with Gasteiger partial charge in [0, 0.05) is 12.1 Å². The summed E-state index contributed by atoms with van der Waals surface area (Å²) < 4.78 is 62.1. The Balaban J connectivity index is 2.21. The smallest absolute Gasteiger partial charge is 0.341 e. The summed E-state index contributed by atoms with van der Waals surface area (Å²) in [6, 6.07) is 10.7. The highest BCUT2D eigenvalue weighted by molar-refractivity contribution is 7.91. The van der Waals surface area contributed by atoms with Crippen molar-refractivity contribution in [3.8, 4) is 0 Å². The number of para-hydroxylation sites is 1. The molecule has 8 heteroatoms. The van der Waals surface area contributed by atoms with E-state index in [2.05, 4.69) is 5.32 Å². The van der Waals surface area contributed by atoms with Gasteiger partial charge in [-0.1, -0.05) is 30.3 Å². The molecule has 0 aromatic heterocycles. The third-order valence-electron chi connectivity index (χ3n) is 3.18. The lowest BCUT2D eigenvalue weighted by Gasteiger charge is -2.16. The van der Waals surface area contributed by atoms with Crippen molar-refractivity contribution in [2.45, 2.75) is 16.8 Å². The molecule has 1 atom stereocenters. The number of rotatable bonds is 6. The molecule has 1 unspecified atom stereocenters. The molecule has 0 spiro atoms. The molecule has 0 amide bonds. The highest BCUT2D eigenvalue weighted by Crippen LogP contribution is 2.27. The summed E-state index contributed by atoms with van der Waals surface area (Å²) >= 11 is 0. The van der Waals surface area contributed by atoms with Crippen LogP contribution in [0.3, 0.4) is 0 Å². The number of sulfone groups is 1. The SMILES string of the molecule is O=S(=O)(c1ccccc1NCC(O)c1ccccc1F)C(F)F. The van der Waals surface area contributed by atoms with Crippen molar-refractivity contribution in [3.05, 3.63) is 59.9 Å². The van der Waals surface area contributed by atoms with Crippen molar-refractivity contribution < 1.29 is 26.7 Å². The zero-order valence-corrected chi connectivity index (χ0v) is 12.6. The van der Waals surface area contributed by atoms with E-state index in [-0.39, 0.29) is 17.8 Å². The van der Waals surface area contributed by atoms with E-state index < -0.39 is 32.4 Å². The number of anilines is 1. The van der Waals surface area contributed by atoms with Crippen molar-refractivity contribution in [3.63, 3.8) is 0 Å². The standard InChI is InChI=1S/C15H14F3NO3S/c16-11-6-2-1-5-10(11)13(20)9-19-12-7-3-4-8-14(12)23(21,22)15(17)18/h1-8,13,15,19-20H,9H2. The minimum absolute atomic E-state index is 0.0224. The van der Waals surface area contributed by atoms with Crippen LogP contribution in [-0.4, -0.2) is 25.8 Å². The summed E-state index contributed by atoms with van der Waals surface area (Å²) in [5.74, 6) is -4.17. The second-order valence-electron chi connectivity index (χ2n) is 4.72. The lowest BCUT2D eigenvalue weighted by atomic mass is 10.1. The van der Waals surface area contributed by atoms with E-state index in [0.717, 1.165) is 6.07 Å². The minimum Gasteiger partial charge on any atom is -0.386 e. The third kappa shape index (κ3) is 3.83. The molecule has 4 nitrogen and oxygen atoms in total. The Bertz CT molecular complexity index is 781. The van der Waals surface area contributed by atoms with Crippen molar-refractivity contribution in [2.24, 2.45) is 0 Å². The predicted molar refractivity (Wildman–Crippen MR) is 79.5 cm³/mol. The van der Waals surface area contributed by atoms with Gasteiger partial charge in [-0.15, -0.1) is 0 Å². The molecule has 0 aliphatic rings. The largest absolute Gasteiger partial charge is 0.386 e. The van der Waals surface area contributed by atoms with E-state index in [1.165, 1.54) is 42.5 Å². The lowest BCUT2D eigenvalue weighted by Crippen LogP contribution is -2.17. The molecule has 2 aromatic carbocycles. The lowest BCUT2D eigenvalue weighted by molar-refractivity contribution is 0.186. The zero-order chi connectivity index (χ0) is 17.0. The Hall–Kier alpha value is -2.06. The average molecular weight is 345 g/mol. The quantitative estimate of drug-likeness (QED) is 0.845. The number of hydrogen-bond donors (Lipinski definition) is 2. The monoisotopic (exact) mass is 345 g/mol. The highest BCUT2D eigenvalue weighted by atomic mass is 32.2. The van der Waals surface area contributed by atoms with Crippen LogP contribution in [0.5, 0.6) is 0 Å². The van der Waals surface area contributed by atoms with E-state index in [0.29, 0.717) is 0 Å². The number of hydrogen-bond acceptors (Lipinski definition) is 4. The van der Waals surface area contributed by atoms with Crippen LogP contribution in [-0.2, 0) is 9.84 Å². The maximum atomic E-state index is 13.6. The maximum Gasteiger partial charge on any atom is 0.341 e. The third-order valence-corrected chi connectivity index (χ3v) is 4.62. The molecule has 0 saturated heterocycles. The first-order chi connectivity index (χ1) is 10.8. The maximum absolute atomic E-state index is 13.6. The summed E-state index contributed by atoms with van der Waals surface area (Å²) in [6.45, 7) is -0.239. The molecule has 2 rings (SSSR count). The fraction of sp³-hybridized carbons (Fsp3) is 0.200. The molecule has 0 aliphatic heterocycles. The normalized spacial score (nSPS) is 13.1. The number of halogens is 3. The summed E-state index contributed by atoms with van der Waals surface area (Å²) in [7, 11) is -4.78. The van der Waals surface area contributed by atoms with E-state index in [1.807, 2.05) is 0 Å². The summed E-state index contributed by atoms with van der Waals surface area (Å²) in [6.07, 6.45) is -1.27. The molecule has 0 aliphatic carbocycles. The first-order valence-corrected chi connectivity index (χ1v) is 8.16. The van der Waals surface area contributed by atoms with E-state index >= 15 is 0 Å². The summed E-state index contributed by atoms with van der Waals surface area (Å²) in [5.41, 5.74) is -0.0580. The van der Waals surface area contributed by atoms with Gasteiger partial charge in [-0.2, -0.15) is 8.78 Å². The van der Waals surface area contributed by atoms with Gasteiger partial charge >= 0.3 is 5.76 Å². The molecule has 2 N–H and O–H groups in total. The van der Waals surface area contributed by atoms with Gasteiger partial charge in [0.2, 0.25) is 9.84 Å². The fourth-order valence-corrected chi connectivity index (χ4v) is 2.93. The van der Waals surface area contributed by atoms with Crippen molar-refractivity contribution >= 4 is 15.5 Å². The first kappa shape index (κ1) is 17.3. The van der Waals surface area contributed by atoms with Crippen LogP contribution in [0.25, 0.3) is 0 Å².